The van der Waals surface area contributed by atoms with Crippen LogP contribution in [0.3, 0.4) is 0 Å². The van der Waals surface area contributed by atoms with Crippen LogP contribution in [-0.2, 0) is 20.8 Å². The quantitative estimate of drug-likeness (QED) is 0.498. The van der Waals surface area contributed by atoms with Crippen molar-refractivity contribution in [3.63, 3.8) is 0 Å². The Bertz CT molecular complexity index is 1100. The highest BCUT2D eigenvalue weighted by atomic mass is 32.2. The van der Waals surface area contributed by atoms with Gasteiger partial charge in [-0.2, -0.15) is 8.42 Å². The van der Waals surface area contributed by atoms with Crippen LogP contribution in [0, 0.1) is 18.7 Å². The molecule has 1 aliphatic heterocycles. The molecule has 1 aliphatic rings. The summed E-state index contributed by atoms with van der Waals surface area (Å²) in [5.74, 6) is -0.232. The van der Waals surface area contributed by atoms with E-state index in [0.717, 1.165) is 24.2 Å². The highest BCUT2D eigenvalue weighted by Gasteiger charge is 2.35. The van der Waals surface area contributed by atoms with E-state index in [2.05, 4.69) is 17.0 Å². The molecule has 1 heterocycles. The van der Waals surface area contributed by atoms with Gasteiger partial charge in [-0.05, 0) is 42.3 Å². The maximum atomic E-state index is 13.4. The van der Waals surface area contributed by atoms with Gasteiger partial charge in [0, 0.05) is 31.5 Å². The topological polar surface area (TPSA) is 46.6 Å². The summed E-state index contributed by atoms with van der Waals surface area (Å²) in [6.07, 6.45) is 0. The van der Waals surface area contributed by atoms with Crippen LogP contribution in [0.15, 0.2) is 83.8 Å². The van der Waals surface area contributed by atoms with Gasteiger partial charge in [0.2, 0.25) is 0 Å². The number of rotatable bonds is 7. The monoisotopic (exact) mass is 439 g/mol. The number of halogens is 1. The lowest BCUT2D eigenvalue weighted by Gasteiger charge is -2.18. The Morgan fingerprint density at radius 1 is 0.935 bits per heavy atom. The molecular formula is C25H26FNO3S. The SMILES string of the molecule is Cc1ccc(S(=O)(=O)OCC2CN(Cc3ccccc3)CC2c2ccc(F)cc2)cc1. The molecule has 0 aromatic heterocycles. The van der Waals surface area contributed by atoms with Crippen LogP contribution in [0.2, 0.25) is 0 Å². The highest BCUT2D eigenvalue weighted by Crippen LogP contribution is 2.34. The largest absolute Gasteiger partial charge is 0.298 e. The van der Waals surface area contributed by atoms with Crippen LogP contribution < -0.4 is 0 Å². The Labute approximate surface area is 183 Å². The second kappa shape index (κ2) is 9.30. The zero-order chi connectivity index (χ0) is 21.8. The predicted molar refractivity (Wildman–Crippen MR) is 119 cm³/mol. The minimum Gasteiger partial charge on any atom is -0.298 e. The molecule has 6 heteroatoms. The Balaban J connectivity index is 1.50. The summed E-state index contributed by atoms with van der Waals surface area (Å²) >= 11 is 0. The molecule has 31 heavy (non-hydrogen) atoms. The van der Waals surface area contributed by atoms with Gasteiger partial charge in [0.05, 0.1) is 11.5 Å². The summed E-state index contributed by atoms with van der Waals surface area (Å²) in [7, 11) is -3.83. The van der Waals surface area contributed by atoms with Crippen molar-refractivity contribution in [2.75, 3.05) is 19.7 Å². The Kier molecular flexibility index (Phi) is 6.51. The molecule has 4 rings (SSSR count). The lowest BCUT2D eigenvalue weighted by Crippen LogP contribution is -2.22. The van der Waals surface area contributed by atoms with Gasteiger partial charge < -0.3 is 0 Å². The molecule has 3 aromatic carbocycles. The van der Waals surface area contributed by atoms with Crippen LogP contribution in [0.5, 0.6) is 0 Å². The maximum Gasteiger partial charge on any atom is 0.296 e. The summed E-state index contributed by atoms with van der Waals surface area (Å²) in [5.41, 5.74) is 3.19. The molecule has 2 atom stereocenters. The van der Waals surface area contributed by atoms with Crippen LogP contribution >= 0.6 is 0 Å². The van der Waals surface area contributed by atoms with E-state index in [9.17, 15) is 12.8 Å². The fraction of sp³-hybridized carbons (Fsp3) is 0.280. The zero-order valence-corrected chi connectivity index (χ0v) is 18.3. The number of nitrogens with zero attached hydrogens (tertiary/aromatic N) is 1. The summed E-state index contributed by atoms with van der Waals surface area (Å²) in [5, 5.41) is 0. The van der Waals surface area contributed by atoms with Crippen molar-refractivity contribution in [3.05, 3.63) is 101 Å². The smallest absolute Gasteiger partial charge is 0.296 e. The first kappa shape index (κ1) is 21.7. The Hall–Kier alpha value is -2.54. The number of hydrogen-bond acceptors (Lipinski definition) is 4. The number of likely N-dealkylation sites (tertiary alicyclic amines) is 1. The Morgan fingerprint density at radius 3 is 2.29 bits per heavy atom. The normalized spacial score (nSPS) is 19.5. The van der Waals surface area contributed by atoms with E-state index >= 15 is 0 Å². The van der Waals surface area contributed by atoms with Crippen molar-refractivity contribution in [2.24, 2.45) is 5.92 Å². The van der Waals surface area contributed by atoms with E-state index < -0.39 is 10.1 Å². The molecule has 0 saturated carbocycles. The summed E-state index contributed by atoms with van der Waals surface area (Å²) in [6.45, 7) is 4.24. The molecule has 0 N–H and O–H groups in total. The third-order valence-electron chi connectivity index (χ3n) is 5.81. The zero-order valence-electron chi connectivity index (χ0n) is 17.4. The minimum absolute atomic E-state index is 0.0191. The second-order valence-corrected chi connectivity index (χ2v) is 9.76. The van der Waals surface area contributed by atoms with Crippen molar-refractivity contribution in [2.45, 2.75) is 24.3 Å². The van der Waals surface area contributed by atoms with Crippen LogP contribution in [0.25, 0.3) is 0 Å². The lowest BCUT2D eigenvalue weighted by atomic mass is 9.89. The average molecular weight is 440 g/mol. The number of hydrogen-bond donors (Lipinski definition) is 0. The average Bonchev–Trinajstić information content (AvgIpc) is 3.16. The van der Waals surface area contributed by atoms with Crippen molar-refractivity contribution < 1.29 is 17.0 Å². The summed E-state index contributed by atoms with van der Waals surface area (Å²) in [4.78, 5) is 2.46. The van der Waals surface area contributed by atoms with Gasteiger partial charge in [-0.15, -0.1) is 0 Å². The second-order valence-electron chi connectivity index (χ2n) is 8.15. The minimum atomic E-state index is -3.83. The molecule has 0 spiro atoms. The highest BCUT2D eigenvalue weighted by molar-refractivity contribution is 7.86. The summed E-state index contributed by atoms with van der Waals surface area (Å²) in [6, 6.07) is 23.3. The standard InChI is InChI=1S/C25H26FNO3S/c1-19-7-13-24(14-8-19)31(28,29)30-18-22-16-27(15-20-5-3-2-4-6-20)17-25(22)21-9-11-23(26)12-10-21/h2-14,22,25H,15-18H2,1H3. The molecule has 1 fully saturated rings. The third kappa shape index (κ3) is 5.39. The molecule has 0 bridgehead atoms. The van der Waals surface area contributed by atoms with Crippen LogP contribution in [0.4, 0.5) is 4.39 Å². The van der Waals surface area contributed by atoms with Gasteiger partial charge in [0.15, 0.2) is 0 Å². The van der Waals surface area contributed by atoms with Gasteiger partial charge in [-0.1, -0.05) is 60.2 Å². The van der Waals surface area contributed by atoms with Crippen molar-refractivity contribution in [1.29, 1.82) is 0 Å². The first-order valence-corrected chi connectivity index (χ1v) is 11.8. The third-order valence-corrected chi connectivity index (χ3v) is 7.11. The van der Waals surface area contributed by atoms with Crippen LogP contribution in [-0.4, -0.2) is 33.0 Å². The van der Waals surface area contributed by atoms with E-state index in [-0.39, 0.29) is 29.2 Å². The van der Waals surface area contributed by atoms with E-state index in [0.29, 0.717) is 6.54 Å². The molecule has 2 unspecified atom stereocenters. The van der Waals surface area contributed by atoms with Crippen LogP contribution in [0.1, 0.15) is 22.6 Å². The first-order valence-electron chi connectivity index (χ1n) is 10.4. The fourth-order valence-electron chi connectivity index (χ4n) is 4.14. The van der Waals surface area contributed by atoms with Crippen molar-refractivity contribution in [3.8, 4) is 0 Å². The van der Waals surface area contributed by atoms with Crippen molar-refractivity contribution >= 4 is 10.1 Å². The molecule has 1 saturated heterocycles. The molecule has 0 aliphatic carbocycles. The molecular weight excluding hydrogens is 413 g/mol. The van der Waals surface area contributed by atoms with E-state index in [1.807, 2.05) is 25.1 Å². The maximum absolute atomic E-state index is 13.4. The molecule has 0 amide bonds. The van der Waals surface area contributed by atoms with E-state index in [1.165, 1.54) is 17.7 Å². The number of aryl methyl sites for hydroxylation is 1. The van der Waals surface area contributed by atoms with Gasteiger partial charge in [0.25, 0.3) is 10.1 Å². The predicted octanol–water partition coefficient (Wildman–Crippen LogP) is 4.76. The molecule has 3 aromatic rings. The van der Waals surface area contributed by atoms with E-state index in [4.69, 9.17) is 4.18 Å². The summed E-state index contributed by atoms with van der Waals surface area (Å²) < 4.78 is 44.3. The van der Waals surface area contributed by atoms with Crippen molar-refractivity contribution in [1.82, 2.24) is 4.90 Å². The molecule has 4 nitrogen and oxygen atoms in total. The lowest BCUT2D eigenvalue weighted by molar-refractivity contribution is 0.237. The van der Waals surface area contributed by atoms with Gasteiger partial charge in [0.1, 0.15) is 5.82 Å². The first-order chi connectivity index (χ1) is 14.9. The van der Waals surface area contributed by atoms with Gasteiger partial charge in [-0.3, -0.25) is 9.08 Å². The fourth-order valence-corrected chi connectivity index (χ4v) is 5.10. The molecule has 162 valence electrons. The Morgan fingerprint density at radius 2 is 1.61 bits per heavy atom. The molecule has 0 radical (unpaired) electrons. The van der Waals surface area contributed by atoms with E-state index in [1.54, 1.807) is 36.4 Å². The van der Waals surface area contributed by atoms with Gasteiger partial charge in [-0.25, -0.2) is 4.39 Å². The number of benzene rings is 3. The van der Waals surface area contributed by atoms with Gasteiger partial charge >= 0.3 is 0 Å².